The Kier molecular flexibility index (Phi) is 5.09. The standard InChI is InChI=1S/C19H23NO5S/c1-19(11-12-26(22,23)13-19)20-18(21)10-8-16-7-9-17(25-16)14-3-5-15(24-2)6-4-14/h3-7,9H,8,10-13H2,1-2H3,(H,20,21)/t19-/m0/s1. The van der Waals surface area contributed by atoms with Gasteiger partial charge in [-0.25, -0.2) is 8.42 Å². The Bertz CT molecular complexity index is 885. The van der Waals surface area contributed by atoms with Gasteiger partial charge in [-0.2, -0.15) is 0 Å². The van der Waals surface area contributed by atoms with E-state index in [2.05, 4.69) is 5.32 Å². The first-order valence-electron chi connectivity index (χ1n) is 8.53. The molecule has 1 saturated heterocycles. The van der Waals surface area contributed by atoms with Crippen molar-refractivity contribution in [1.29, 1.82) is 0 Å². The summed E-state index contributed by atoms with van der Waals surface area (Å²) in [5.41, 5.74) is 0.276. The number of carbonyl (C=O) groups excluding carboxylic acids is 1. The van der Waals surface area contributed by atoms with Gasteiger partial charge in [-0.15, -0.1) is 0 Å². The second-order valence-corrected chi connectivity index (χ2v) is 9.13. The average molecular weight is 377 g/mol. The van der Waals surface area contributed by atoms with Gasteiger partial charge in [0.15, 0.2) is 9.84 Å². The van der Waals surface area contributed by atoms with Gasteiger partial charge in [0.05, 0.1) is 24.2 Å². The van der Waals surface area contributed by atoms with E-state index in [0.29, 0.717) is 12.8 Å². The van der Waals surface area contributed by atoms with Crippen LogP contribution in [-0.4, -0.2) is 38.5 Å². The van der Waals surface area contributed by atoms with E-state index in [-0.39, 0.29) is 23.8 Å². The molecule has 0 bridgehead atoms. The Morgan fingerprint density at radius 2 is 1.96 bits per heavy atom. The third-order valence-corrected chi connectivity index (χ3v) is 6.48. The zero-order valence-corrected chi connectivity index (χ0v) is 15.8. The lowest BCUT2D eigenvalue weighted by Gasteiger charge is -2.23. The second kappa shape index (κ2) is 7.15. The fraction of sp³-hybridized carbons (Fsp3) is 0.421. The molecule has 1 amide bonds. The quantitative estimate of drug-likeness (QED) is 0.836. The fourth-order valence-corrected chi connectivity index (χ4v) is 5.26. The van der Waals surface area contributed by atoms with Crippen LogP contribution in [0.15, 0.2) is 40.8 Å². The summed E-state index contributed by atoms with van der Waals surface area (Å²) in [5, 5.41) is 2.86. The zero-order valence-electron chi connectivity index (χ0n) is 14.9. The molecule has 6 nitrogen and oxygen atoms in total. The molecule has 3 rings (SSSR count). The van der Waals surface area contributed by atoms with Crippen molar-refractivity contribution < 1.29 is 22.4 Å². The summed E-state index contributed by atoms with van der Waals surface area (Å²) in [6, 6.07) is 11.3. The number of amides is 1. The number of furan rings is 1. The van der Waals surface area contributed by atoms with E-state index in [9.17, 15) is 13.2 Å². The summed E-state index contributed by atoms with van der Waals surface area (Å²) in [5.74, 6) is 2.21. The third kappa shape index (κ3) is 4.46. The number of carbonyl (C=O) groups is 1. The number of aryl methyl sites for hydroxylation is 1. The monoisotopic (exact) mass is 377 g/mol. The molecule has 1 aromatic heterocycles. The molecule has 1 aliphatic heterocycles. The molecule has 2 heterocycles. The van der Waals surface area contributed by atoms with E-state index in [1.165, 1.54) is 0 Å². The van der Waals surface area contributed by atoms with Crippen LogP contribution in [0.25, 0.3) is 11.3 Å². The van der Waals surface area contributed by atoms with E-state index >= 15 is 0 Å². The van der Waals surface area contributed by atoms with Gasteiger partial charge in [0.25, 0.3) is 0 Å². The molecular weight excluding hydrogens is 354 g/mol. The van der Waals surface area contributed by atoms with Gasteiger partial charge in [-0.3, -0.25) is 4.79 Å². The highest BCUT2D eigenvalue weighted by Gasteiger charge is 2.39. The molecule has 7 heteroatoms. The summed E-state index contributed by atoms with van der Waals surface area (Å²) in [6.07, 6.45) is 1.18. The van der Waals surface area contributed by atoms with Crippen molar-refractivity contribution in [2.24, 2.45) is 0 Å². The number of benzene rings is 1. The minimum atomic E-state index is -3.04. The summed E-state index contributed by atoms with van der Waals surface area (Å²) in [4.78, 5) is 12.2. The highest BCUT2D eigenvalue weighted by atomic mass is 32.2. The first kappa shape index (κ1) is 18.5. The summed E-state index contributed by atoms with van der Waals surface area (Å²) >= 11 is 0. The van der Waals surface area contributed by atoms with Crippen molar-refractivity contribution in [1.82, 2.24) is 5.32 Å². The molecule has 140 valence electrons. The van der Waals surface area contributed by atoms with Crippen LogP contribution in [0.4, 0.5) is 0 Å². The van der Waals surface area contributed by atoms with Crippen LogP contribution in [0.2, 0.25) is 0 Å². The molecular formula is C19H23NO5S. The number of methoxy groups -OCH3 is 1. The fourth-order valence-electron chi connectivity index (χ4n) is 3.17. The van der Waals surface area contributed by atoms with Crippen LogP contribution < -0.4 is 10.1 Å². The van der Waals surface area contributed by atoms with Crippen LogP contribution in [0, 0.1) is 0 Å². The van der Waals surface area contributed by atoms with Gasteiger partial charge in [0.2, 0.25) is 5.91 Å². The number of ether oxygens (including phenoxy) is 1. The van der Waals surface area contributed by atoms with Crippen molar-refractivity contribution in [3.05, 3.63) is 42.2 Å². The maximum Gasteiger partial charge on any atom is 0.220 e. The molecule has 0 aliphatic carbocycles. The second-order valence-electron chi connectivity index (χ2n) is 6.95. The van der Waals surface area contributed by atoms with Crippen LogP contribution >= 0.6 is 0 Å². The van der Waals surface area contributed by atoms with Gasteiger partial charge in [0.1, 0.15) is 17.3 Å². The largest absolute Gasteiger partial charge is 0.497 e. The summed E-state index contributed by atoms with van der Waals surface area (Å²) < 4.78 is 34.2. The highest BCUT2D eigenvalue weighted by molar-refractivity contribution is 7.91. The van der Waals surface area contributed by atoms with Crippen LogP contribution in [0.1, 0.15) is 25.5 Å². The number of hydrogen-bond acceptors (Lipinski definition) is 5. The minimum absolute atomic E-state index is 0.00805. The maximum atomic E-state index is 12.2. The zero-order chi connectivity index (χ0) is 18.8. The van der Waals surface area contributed by atoms with E-state index < -0.39 is 15.4 Å². The topological polar surface area (TPSA) is 85.6 Å². The van der Waals surface area contributed by atoms with Gasteiger partial charge in [-0.05, 0) is 49.7 Å². The molecule has 0 unspecified atom stereocenters. The lowest BCUT2D eigenvalue weighted by molar-refractivity contribution is -0.122. The molecule has 2 aromatic rings. The van der Waals surface area contributed by atoms with Crippen molar-refractivity contribution in [2.75, 3.05) is 18.6 Å². The smallest absolute Gasteiger partial charge is 0.220 e. The van der Waals surface area contributed by atoms with E-state index in [1.807, 2.05) is 36.4 Å². The molecule has 1 atom stereocenters. The summed E-state index contributed by atoms with van der Waals surface area (Å²) in [7, 11) is -1.42. The number of nitrogens with one attached hydrogen (secondary N) is 1. The van der Waals surface area contributed by atoms with Crippen molar-refractivity contribution in [3.63, 3.8) is 0 Å². The Labute approximate surface area is 153 Å². The molecule has 1 aliphatic rings. The number of sulfone groups is 1. The SMILES string of the molecule is COc1ccc(-c2ccc(CCC(=O)N[C@@]3(C)CCS(=O)(=O)C3)o2)cc1. The lowest BCUT2D eigenvalue weighted by atomic mass is 10.0. The van der Waals surface area contributed by atoms with Gasteiger partial charge < -0.3 is 14.5 Å². The Morgan fingerprint density at radius 3 is 2.58 bits per heavy atom. The lowest BCUT2D eigenvalue weighted by Crippen LogP contribution is -2.46. The third-order valence-electron chi connectivity index (χ3n) is 4.58. The molecule has 1 aromatic carbocycles. The molecule has 26 heavy (non-hydrogen) atoms. The van der Waals surface area contributed by atoms with Crippen LogP contribution in [-0.2, 0) is 21.1 Å². The minimum Gasteiger partial charge on any atom is -0.497 e. The highest BCUT2D eigenvalue weighted by Crippen LogP contribution is 2.26. The van der Waals surface area contributed by atoms with Gasteiger partial charge >= 0.3 is 0 Å². The normalized spacial score (nSPS) is 21.5. The predicted octanol–water partition coefficient (Wildman–Crippen LogP) is 2.58. The molecule has 0 spiro atoms. The van der Waals surface area contributed by atoms with Gasteiger partial charge in [-0.1, -0.05) is 0 Å². The first-order chi connectivity index (χ1) is 12.3. The molecule has 0 radical (unpaired) electrons. The number of rotatable bonds is 6. The molecule has 1 N–H and O–H groups in total. The van der Waals surface area contributed by atoms with Crippen molar-refractivity contribution in [2.45, 2.75) is 31.7 Å². The molecule has 1 fully saturated rings. The average Bonchev–Trinajstić information content (AvgIpc) is 3.17. The predicted molar refractivity (Wildman–Crippen MR) is 98.8 cm³/mol. The van der Waals surface area contributed by atoms with E-state index in [0.717, 1.165) is 22.8 Å². The Morgan fingerprint density at radius 1 is 1.23 bits per heavy atom. The number of hydrogen-bond donors (Lipinski definition) is 1. The van der Waals surface area contributed by atoms with Crippen molar-refractivity contribution in [3.8, 4) is 17.1 Å². The van der Waals surface area contributed by atoms with E-state index in [1.54, 1.807) is 14.0 Å². The molecule has 0 saturated carbocycles. The van der Waals surface area contributed by atoms with Gasteiger partial charge in [0, 0.05) is 18.4 Å². The Hall–Kier alpha value is -2.28. The first-order valence-corrected chi connectivity index (χ1v) is 10.4. The summed E-state index contributed by atoms with van der Waals surface area (Å²) in [6.45, 7) is 1.78. The maximum absolute atomic E-state index is 12.2. The van der Waals surface area contributed by atoms with Crippen LogP contribution in [0.3, 0.4) is 0 Å². The van der Waals surface area contributed by atoms with Crippen LogP contribution in [0.5, 0.6) is 5.75 Å². The Balaban J connectivity index is 1.55. The van der Waals surface area contributed by atoms with E-state index in [4.69, 9.17) is 9.15 Å². The van der Waals surface area contributed by atoms with Crippen molar-refractivity contribution >= 4 is 15.7 Å².